The molecule has 96 valence electrons. The molecule has 0 fully saturated rings. The van der Waals surface area contributed by atoms with Crippen molar-refractivity contribution in [3.63, 3.8) is 0 Å². The Morgan fingerprint density at radius 2 is 2.28 bits per heavy atom. The number of hydrogen-bond donors (Lipinski definition) is 0. The van der Waals surface area contributed by atoms with Gasteiger partial charge in [-0.3, -0.25) is 0 Å². The summed E-state index contributed by atoms with van der Waals surface area (Å²) in [6.45, 7) is 0. The number of aromatic nitrogens is 3. The normalized spacial score (nSPS) is 10.6. The first-order chi connectivity index (χ1) is 8.74. The molecule has 4 nitrogen and oxygen atoms in total. The van der Waals surface area contributed by atoms with Crippen molar-refractivity contribution in [3.8, 4) is 11.4 Å². The second-order valence-corrected chi connectivity index (χ2v) is 4.14. The van der Waals surface area contributed by atoms with Gasteiger partial charge >= 0.3 is 0 Å². The van der Waals surface area contributed by atoms with Gasteiger partial charge in [0, 0.05) is 11.9 Å². The SMILES string of the molecule is COc1ccc(F)c(-n2cc(CCCCl)nn2)c1. The Balaban J connectivity index is 2.27. The summed E-state index contributed by atoms with van der Waals surface area (Å²) in [7, 11) is 1.53. The highest BCUT2D eigenvalue weighted by Gasteiger charge is 2.09. The second-order valence-electron chi connectivity index (χ2n) is 3.76. The first-order valence-electron chi connectivity index (χ1n) is 5.55. The molecule has 0 radical (unpaired) electrons. The van der Waals surface area contributed by atoms with Crippen LogP contribution in [0.4, 0.5) is 4.39 Å². The number of aryl methyl sites for hydroxylation is 1. The van der Waals surface area contributed by atoms with Gasteiger partial charge in [0.15, 0.2) is 0 Å². The minimum Gasteiger partial charge on any atom is -0.497 e. The molecule has 2 aromatic rings. The number of benzene rings is 1. The van der Waals surface area contributed by atoms with Crippen molar-refractivity contribution in [1.82, 2.24) is 15.0 Å². The zero-order valence-electron chi connectivity index (χ0n) is 9.94. The Hall–Kier alpha value is -1.62. The molecule has 0 bridgehead atoms. The van der Waals surface area contributed by atoms with Gasteiger partial charge in [-0.15, -0.1) is 16.7 Å². The second kappa shape index (κ2) is 5.82. The van der Waals surface area contributed by atoms with Crippen molar-refractivity contribution in [2.75, 3.05) is 13.0 Å². The molecular weight excluding hydrogens is 257 g/mol. The Bertz CT molecular complexity index is 530. The average Bonchev–Trinajstić information content (AvgIpc) is 2.85. The van der Waals surface area contributed by atoms with Crippen LogP contribution in [0.15, 0.2) is 24.4 Å². The van der Waals surface area contributed by atoms with E-state index in [0.29, 0.717) is 17.3 Å². The van der Waals surface area contributed by atoms with Gasteiger partial charge in [-0.05, 0) is 25.0 Å². The van der Waals surface area contributed by atoms with Gasteiger partial charge in [-0.25, -0.2) is 9.07 Å². The van der Waals surface area contributed by atoms with E-state index in [1.54, 1.807) is 18.3 Å². The highest BCUT2D eigenvalue weighted by molar-refractivity contribution is 6.17. The molecule has 0 atom stereocenters. The highest BCUT2D eigenvalue weighted by atomic mass is 35.5. The highest BCUT2D eigenvalue weighted by Crippen LogP contribution is 2.19. The first-order valence-corrected chi connectivity index (χ1v) is 6.09. The molecule has 0 aliphatic heterocycles. The van der Waals surface area contributed by atoms with Crippen LogP contribution in [0.3, 0.4) is 0 Å². The van der Waals surface area contributed by atoms with Crippen molar-refractivity contribution >= 4 is 11.6 Å². The minimum absolute atomic E-state index is 0.318. The third kappa shape index (κ3) is 2.79. The van der Waals surface area contributed by atoms with Gasteiger partial charge in [0.25, 0.3) is 0 Å². The van der Waals surface area contributed by atoms with Crippen LogP contribution in [0.25, 0.3) is 5.69 Å². The number of methoxy groups -OCH3 is 1. The van der Waals surface area contributed by atoms with Gasteiger partial charge in [0.05, 0.1) is 19.0 Å². The molecule has 2 rings (SSSR count). The lowest BCUT2D eigenvalue weighted by Crippen LogP contribution is -1.99. The van der Waals surface area contributed by atoms with Gasteiger partial charge in [0.1, 0.15) is 17.3 Å². The zero-order valence-corrected chi connectivity index (χ0v) is 10.7. The fourth-order valence-corrected chi connectivity index (χ4v) is 1.71. The van der Waals surface area contributed by atoms with Crippen molar-refractivity contribution in [2.24, 2.45) is 0 Å². The first kappa shape index (κ1) is 12.8. The van der Waals surface area contributed by atoms with E-state index < -0.39 is 0 Å². The molecule has 1 aromatic heterocycles. The Morgan fingerprint density at radius 1 is 1.44 bits per heavy atom. The van der Waals surface area contributed by atoms with Gasteiger partial charge in [0.2, 0.25) is 0 Å². The number of ether oxygens (including phenoxy) is 1. The Kier molecular flexibility index (Phi) is 4.15. The molecule has 0 aliphatic rings. The third-order valence-electron chi connectivity index (χ3n) is 2.51. The number of hydrogen-bond acceptors (Lipinski definition) is 3. The maximum atomic E-state index is 13.7. The van der Waals surface area contributed by atoms with E-state index >= 15 is 0 Å². The van der Waals surface area contributed by atoms with Gasteiger partial charge < -0.3 is 4.74 Å². The topological polar surface area (TPSA) is 39.9 Å². The largest absolute Gasteiger partial charge is 0.497 e. The lowest BCUT2D eigenvalue weighted by atomic mass is 10.2. The van der Waals surface area contributed by atoms with E-state index in [9.17, 15) is 4.39 Å². The minimum atomic E-state index is -0.371. The fraction of sp³-hybridized carbons (Fsp3) is 0.333. The van der Waals surface area contributed by atoms with E-state index in [0.717, 1.165) is 18.5 Å². The van der Waals surface area contributed by atoms with Crippen LogP contribution in [0, 0.1) is 5.82 Å². The lowest BCUT2D eigenvalue weighted by molar-refractivity contribution is 0.413. The average molecular weight is 270 g/mol. The predicted octanol–water partition coefficient (Wildman–Crippen LogP) is 2.59. The van der Waals surface area contributed by atoms with Crippen molar-refractivity contribution < 1.29 is 9.13 Å². The summed E-state index contributed by atoms with van der Waals surface area (Å²) in [4.78, 5) is 0. The number of halogens is 2. The lowest BCUT2D eigenvalue weighted by Gasteiger charge is -2.04. The Labute approximate surface area is 109 Å². The van der Waals surface area contributed by atoms with Gasteiger partial charge in [-0.2, -0.15) is 0 Å². The quantitative estimate of drug-likeness (QED) is 0.784. The summed E-state index contributed by atoms with van der Waals surface area (Å²) in [6.07, 6.45) is 3.25. The van der Waals surface area contributed by atoms with Crippen LogP contribution in [-0.2, 0) is 6.42 Å². The molecule has 0 saturated heterocycles. The molecule has 1 aromatic carbocycles. The van der Waals surface area contributed by atoms with E-state index in [2.05, 4.69) is 10.3 Å². The maximum absolute atomic E-state index is 13.7. The van der Waals surface area contributed by atoms with Crippen LogP contribution in [0.2, 0.25) is 0 Å². The number of rotatable bonds is 5. The van der Waals surface area contributed by atoms with Crippen LogP contribution in [0.5, 0.6) is 5.75 Å². The summed E-state index contributed by atoms with van der Waals surface area (Å²) in [5, 5.41) is 7.88. The Morgan fingerprint density at radius 3 is 3.00 bits per heavy atom. The molecule has 0 amide bonds. The fourth-order valence-electron chi connectivity index (χ4n) is 1.57. The van der Waals surface area contributed by atoms with Crippen molar-refractivity contribution in [1.29, 1.82) is 0 Å². The monoisotopic (exact) mass is 269 g/mol. The van der Waals surface area contributed by atoms with Crippen molar-refractivity contribution in [3.05, 3.63) is 35.9 Å². The zero-order chi connectivity index (χ0) is 13.0. The van der Waals surface area contributed by atoms with Gasteiger partial charge in [-0.1, -0.05) is 5.21 Å². The van der Waals surface area contributed by atoms with E-state index in [1.807, 2.05) is 0 Å². The van der Waals surface area contributed by atoms with Crippen LogP contribution >= 0.6 is 11.6 Å². The molecule has 0 aliphatic carbocycles. The molecule has 6 heteroatoms. The van der Waals surface area contributed by atoms with Crippen LogP contribution in [0.1, 0.15) is 12.1 Å². The number of nitrogens with zero attached hydrogens (tertiary/aromatic N) is 3. The van der Waals surface area contributed by atoms with E-state index in [4.69, 9.17) is 16.3 Å². The molecule has 18 heavy (non-hydrogen) atoms. The molecule has 0 unspecified atom stereocenters. The predicted molar refractivity (Wildman–Crippen MR) is 66.9 cm³/mol. The maximum Gasteiger partial charge on any atom is 0.149 e. The van der Waals surface area contributed by atoms with E-state index in [1.165, 1.54) is 17.9 Å². The molecule has 0 saturated carbocycles. The summed E-state index contributed by atoms with van der Waals surface area (Å²) < 4.78 is 20.1. The molecular formula is C12H13ClFN3O. The summed E-state index contributed by atoms with van der Waals surface area (Å²) >= 11 is 5.61. The molecule has 1 heterocycles. The van der Waals surface area contributed by atoms with E-state index in [-0.39, 0.29) is 5.82 Å². The number of alkyl halides is 1. The summed E-state index contributed by atoms with van der Waals surface area (Å²) in [6, 6.07) is 4.48. The molecule has 0 N–H and O–H groups in total. The van der Waals surface area contributed by atoms with Crippen LogP contribution in [-0.4, -0.2) is 28.0 Å². The summed E-state index contributed by atoms with van der Waals surface area (Å²) in [5.41, 5.74) is 1.11. The van der Waals surface area contributed by atoms with Crippen LogP contribution < -0.4 is 4.74 Å². The van der Waals surface area contributed by atoms with Crippen molar-refractivity contribution in [2.45, 2.75) is 12.8 Å². The molecule has 0 spiro atoms. The standard InChI is InChI=1S/C12H13ClFN3O/c1-18-10-4-5-11(14)12(7-10)17-8-9(15-16-17)3-2-6-13/h4-5,7-8H,2-3,6H2,1H3. The smallest absolute Gasteiger partial charge is 0.149 e. The third-order valence-corrected chi connectivity index (χ3v) is 2.77. The summed E-state index contributed by atoms with van der Waals surface area (Å²) in [5.74, 6) is 0.772.